The van der Waals surface area contributed by atoms with Gasteiger partial charge in [-0.05, 0) is 24.6 Å². The number of benzene rings is 1. The van der Waals surface area contributed by atoms with Crippen molar-refractivity contribution in [3.63, 3.8) is 0 Å². The number of furan rings is 1. The zero-order valence-corrected chi connectivity index (χ0v) is 12.3. The highest BCUT2D eigenvalue weighted by Gasteiger charge is 2.08. The highest BCUT2D eigenvalue weighted by atomic mass is 16.3. The van der Waals surface area contributed by atoms with Gasteiger partial charge in [0.25, 0.3) is 0 Å². The van der Waals surface area contributed by atoms with E-state index in [1.165, 1.54) is 0 Å². The molecule has 0 aliphatic rings. The molecule has 2 aromatic rings. The van der Waals surface area contributed by atoms with Gasteiger partial charge in [-0.25, -0.2) is 0 Å². The van der Waals surface area contributed by atoms with Crippen molar-refractivity contribution in [3.05, 3.63) is 59.5 Å². The number of aryl methyl sites for hydroxylation is 1. The Labute approximate surface area is 124 Å². The van der Waals surface area contributed by atoms with Gasteiger partial charge < -0.3 is 20.2 Å². The first kappa shape index (κ1) is 15.1. The summed E-state index contributed by atoms with van der Waals surface area (Å²) in [4.78, 5) is 4.11. The fraction of sp³-hybridized carbons (Fsp3) is 0.312. The first-order valence-electron chi connectivity index (χ1n) is 6.90. The quantitative estimate of drug-likeness (QED) is 0.581. The molecule has 0 amide bonds. The zero-order chi connectivity index (χ0) is 15.1. The summed E-state index contributed by atoms with van der Waals surface area (Å²) in [6, 6.07) is 11.6. The fourth-order valence-corrected chi connectivity index (χ4v) is 1.99. The summed E-state index contributed by atoms with van der Waals surface area (Å²) in [5, 5.41) is 16.4. The number of hydrogen-bond donors (Lipinski definition) is 3. The molecule has 2 rings (SSSR count). The summed E-state index contributed by atoms with van der Waals surface area (Å²) in [5.41, 5.74) is 2.02. The minimum Gasteiger partial charge on any atom is -0.467 e. The van der Waals surface area contributed by atoms with Crippen LogP contribution in [0, 0.1) is 6.92 Å². The van der Waals surface area contributed by atoms with Crippen LogP contribution in [0.2, 0.25) is 0 Å². The van der Waals surface area contributed by atoms with E-state index >= 15 is 0 Å². The van der Waals surface area contributed by atoms with Crippen molar-refractivity contribution in [2.75, 3.05) is 13.6 Å². The van der Waals surface area contributed by atoms with E-state index in [0.29, 0.717) is 19.0 Å². The predicted octanol–water partition coefficient (Wildman–Crippen LogP) is 1.99. The van der Waals surface area contributed by atoms with Gasteiger partial charge in [0.05, 0.1) is 18.9 Å². The van der Waals surface area contributed by atoms with Crippen molar-refractivity contribution in [1.82, 2.24) is 10.6 Å². The molecule has 0 fully saturated rings. The Morgan fingerprint density at radius 3 is 2.81 bits per heavy atom. The molecule has 0 spiro atoms. The molecule has 1 aromatic carbocycles. The first-order valence-corrected chi connectivity index (χ1v) is 6.90. The number of nitrogens with zero attached hydrogens (tertiary/aromatic N) is 1. The van der Waals surface area contributed by atoms with Gasteiger partial charge in [-0.15, -0.1) is 0 Å². The van der Waals surface area contributed by atoms with E-state index < -0.39 is 6.10 Å². The molecule has 0 saturated heterocycles. The Morgan fingerprint density at radius 2 is 2.14 bits per heavy atom. The van der Waals surface area contributed by atoms with E-state index in [0.717, 1.165) is 16.9 Å². The van der Waals surface area contributed by atoms with E-state index in [2.05, 4.69) is 15.6 Å². The van der Waals surface area contributed by atoms with Crippen molar-refractivity contribution in [2.24, 2.45) is 4.99 Å². The average Bonchev–Trinajstić information content (AvgIpc) is 3.00. The SMILES string of the molecule is CN=C(NCc1ccco1)NCC(O)c1cccc(C)c1. The third kappa shape index (κ3) is 4.65. The van der Waals surface area contributed by atoms with E-state index in [1.807, 2.05) is 43.3 Å². The third-order valence-corrected chi connectivity index (χ3v) is 3.12. The Hall–Kier alpha value is -2.27. The minimum atomic E-state index is -0.577. The molecule has 1 aromatic heterocycles. The normalized spacial score (nSPS) is 13.0. The van der Waals surface area contributed by atoms with Crippen LogP contribution in [-0.4, -0.2) is 24.7 Å². The van der Waals surface area contributed by atoms with E-state index in [9.17, 15) is 5.11 Å². The molecule has 112 valence electrons. The maximum atomic E-state index is 10.2. The van der Waals surface area contributed by atoms with Crippen molar-refractivity contribution in [3.8, 4) is 0 Å². The number of aliphatic imine (C=N–C) groups is 1. The molecule has 0 radical (unpaired) electrons. The number of rotatable bonds is 5. The van der Waals surface area contributed by atoms with Crippen LogP contribution in [0.5, 0.6) is 0 Å². The van der Waals surface area contributed by atoms with Crippen LogP contribution in [0.4, 0.5) is 0 Å². The second-order valence-electron chi connectivity index (χ2n) is 4.82. The molecule has 3 N–H and O–H groups in total. The van der Waals surface area contributed by atoms with Crippen LogP contribution in [-0.2, 0) is 6.54 Å². The van der Waals surface area contributed by atoms with E-state index in [-0.39, 0.29) is 0 Å². The number of aliphatic hydroxyl groups excluding tert-OH is 1. The van der Waals surface area contributed by atoms with Crippen molar-refractivity contribution < 1.29 is 9.52 Å². The largest absolute Gasteiger partial charge is 0.467 e. The lowest BCUT2D eigenvalue weighted by Crippen LogP contribution is -2.38. The summed E-state index contributed by atoms with van der Waals surface area (Å²) in [6.07, 6.45) is 1.06. The lowest BCUT2D eigenvalue weighted by Gasteiger charge is -2.15. The molecule has 21 heavy (non-hydrogen) atoms. The Balaban J connectivity index is 1.82. The summed E-state index contributed by atoms with van der Waals surface area (Å²) in [6.45, 7) is 2.95. The summed E-state index contributed by atoms with van der Waals surface area (Å²) in [7, 11) is 1.69. The lowest BCUT2D eigenvalue weighted by atomic mass is 10.1. The van der Waals surface area contributed by atoms with Crippen LogP contribution < -0.4 is 10.6 Å². The van der Waals surface area contributed by atoms with Gasteiger partial charge in [-0.2, -0.15) is 0 Å². The highest BCUT2D eigenvalue weighted by molar-refractivity contribution is 5.79. The maximum Gasteiger partial charge on any atom is 0.191 e. The minimum absolute atomic E-state index is 0.390. The number of nitrogens with one attached hydrogen (secondary N) is 2. The second kappa shape index (κ2) is 7.50. The molecule has 1 unspecified atom stereocenters. The van der Waals surface area contributed by atoms with Crippen LogP contribution in [0.25, 0.3) is 0 Å². The topological polar surface area (TPSA) is 69.8 Å². The standard InChI is InChI=1S/C16H21N3O2/c1-12-5-3-6-13(9-12)15(20)11-19-16(17-2)18-10-14-7-4-8-21-14/h3-9,15,20H,10-11H2,1-2H3,(H2,17,18,19). The van der Waals surface area contributed by atoms with E-state index in [4.69, 9.17) is 4.42 Å². The van der Waals surface area contributed by atoms with Gasteiger partial charge in [0.1, 0.15) is 5.76 Å². The smallest absolute Gasteiger partial charge is 0.191 e. The van der Waals surface area contributed by atoms with Gasteiger partial charge in [0.15, 0.2) is 5.96 Å². The van der Waals surface area contributed by atoms with Crippen LogP contribution in [0.3, 0.4) is 0 Å². The van der Waals surface area contributed by atoms with Crippen molar-refractivity contribution in [2.45, 2.75) is 19.6 Å². The van der Waals surface area contributed by atoms with Gasteiger partial charge in [-0.3, -0.25) is 4.99 Å². The summed E-state index contributed by atoms with van der Waals surface area (Å²) in [5.74, 6) is 1.45. The predicted molar refractivity (Wildman–Crippen MR) is 83.0 cm³/mol. The lowest BCUT2D eigenvalue weighted by molar-refractivity contribution is 0.180. The van der Waals surface area contributed by atoms with Crippen LogP contribution in [0.1, 0.15) is 23.0 Å². The van der Waals surface area contributed by atoms with Gasteiger partial charge in [-0.1, -0.05) is 29.8 Å². The molecule has 1 atom stereocenters. The molecule has 1 heterocycles. The molecular weight excluding hydrogens is 266 g/mol. The molecule has 0 aliphatic heterocycles. The highest BCUT2D eigenvalue weighted by Crippen LogP contribution is 2.13. The van der Waals surface area contributed by atoms with Crippen molar-refractivity contribution >= 4 is 5.96 Å². The maximum absolute atomic E-state index is 10.2. The zero-order valence-electron chi connectivity index (χ0n) is 12.3. The molecule has 0 aliphatic carbocycles. The number of hydrogen-bond acceptors (Lipinski definition) is 3. The van der Waals surface area contributed by atoms with Crippen molar-refractivity contribution in [1.29, 1.82) is 0 Å². The van der Waals surface area contributed by atoms with Crippen LogP contribution >= 0.6 is 0 Å². The molecule has 0 saturated carbocycles. The summed E-state index contributed by atoms with van der Waals surface area (Å²) < 4.78 is 5.24. The van der Waals surface area contributed by atoms with E-state index in [1.54, 1.807) is 13.3 Å². The Morgan fingerprint density at radius 1 is 1.29 bits per heavy atom. The van der Waals surface area contributed by atoms with Gasteiger partial charge in [0.2, 0.25) is 0 Å². The monoisotopic (exact) mass is 287 g/mol. The van der Waals surface area contributed by atoms with Gasteiger partial charge in [0, 0.05) is 13.6 Å². The molecule has 5 nitrogen and oxygen atoms in total. The Kier molecular flexibility index (Phi) is 5.40. The molecule has 5 heteroatoms. The molecular formula is C16H21N3O2. The third-order valence-electron chi connectivity index (χ3n) is 3.12. The van der Waals surface area contributed by atoms with Gasteiger partial charge >= 0.3 is 0 Å². The number of aliphatic hydroxyl groups is 1. The fourth-order valence-electron chi connectivity index (χ4n) is 1.99. The average molecular weight is 287 g/mol. The first-order chi connectivity index (χ1) is 10.2. The second-order valence-corrected chi connectivity index (χ2v) is 4.82. The summed E-state index contributed by atoms with van der Waals surface area (Å²) >= 11 is 0. The molecule has 0 bridgehead atoms. The Bertz CT molecular complexity index is 579. The number of guanidine groups is 1. The van der Waals surface area contributed by atoms with Crippen LogP contribution in [0.15, 0.2) is 52.1 Å².